The smallest absolute Gasteiger partial charge is 0.261 e. The van der Waals surface area contributed by atoms with Gasteiger partial charge in [-0.1, -0.05) is 13.8 Å². The molecule has 18 heavy (non-hydrogen) atoms. The number of imidazole rings is 1. The lowest BCUT2D eigenvalue weighted by atomic mass is 9.98. The zero-order chi connectivity index (χ0) is 13.5. The van der Waals surface area contributed by atoms with E-state index in [4.69, 9.17) is 0 Å². The Bertz CT molecular complexity index is 546. The number of hydrogen-bond donors (Lipinski definition) is 0. The first-order valence-corrected chi connectivity index (χ1v) is 7.85. The number of fused-ring (bicyclic) bond motifs is 1. The Morgan fingerprint density at radius 2 is 2.11 bits per heavy atom. The fourth-order valence-electron chi connectivity index (χ4n) is 2.54. The van der Waals surface area contributed by atoms with Gasteiger partial charge in [0.25, 0.3) is 10.0 Å². The van der Waals surface area contributed by atoms with Gasteiger partial charge in [-0.25, -0.2) is 17.7 Å². The quantitative estimate of drug-likeness (QED) is 0.839. The van der Waals surface area contributed by atoms with Crippen LogP contribution in [0.25, 0.3) is 0 Å². The highest BCUT2D eigenvalue weighted by Gasteiger charge is 2.32. The molecule has 1 unspecified atom stereocenters. The Morgan fingerprint density at radius 3 is 2.67 bits per heavy atom. The third kappa shape index (κ3) is 1.97. The van der Waals surface area contributed by atoms with E-state index in [-0.39, 0.29) is 10.9 Å². The second-order valence-electron chi connectivity index (χ2n) is 5.05. The maximum atomic E-state index is 12.3. The van der Waals surface area contributed by atoms with Gasteiger partial charge in [0.15, 0.2) is 5.03 Å². The van der Waals surface area contributed by atoms with Crippen LogP contribution in [0, 0.1) is 0 Å². The molecule has 0 N–H and O–H groups in total. The first-order valence-electron chi connectivity index (χ1n) is 6.41. The fraction of sp³-hybridized carbons (Fsp3) is 0.750. The molecule has 0 spiro atoms. The molecule has 6 heteroatoms. The number of sulfonamides is 1. The lowest BCUT2D eigenvalue weighted by Gasteiger charge is -2.23. The molecule has 0 aliphatic carbocycles. The topological polar surface area (TPSA) is 55.2 Å². The summed E-state index contributed by atoms with van der Waals surface area (Å²) in [6.45, 7) is 4.99. The molecule has 0 amide bonds. The average Bonchev–Trinajstić information content (AvgIpc) is 2.69. The van der Waals surface area contributed by atoms with Crippen LogP contribution in [0.3, 0.4) is 0 Å². The van der Waals surface area contributed by atoms with E-state index in [0.29, 0.717) is 0 Å². The Hall–Kier alpha value is -0.880. The minimum atomic E-state index is -3.44. The maximum Gasteiger partial charge on any atom is 0.261 e. The summed E-state index contributed by atoms with van der Waals surface area (Å²) in [4.78, 5) is 4.39. The summed E-state index contributed by atoms with van der Waals surface area (Å²) in [5.41, 5.74) is 0.895. The minimum absolute atomic E-state index is 0.260. The van der Waals surface area contributed by atoms with Gasteiger partial charge >= 0.3 is 0 Å². The Kier molecular flexibility index (Phi) is 3.51. The van der Waals surface area contributed by atoms with Crippen molar-refractivity contribution < 1.29 is 8.42 Å². The normalized spacial score (nSPS) is 20.2. The maximum absolute atomic E-state index is 12.3. The number of nitrogens with zero attached hydrogens (tertiary/aromatic N) is 3. The Morgan fingerprint density at radius 1 is 1.44 bits per heavy atom. The predicted octanol–water partition coefficient (Wildman–Crippen LogP) is 1.59. The molecule has 1 aliphatic rings. The first kappa shape index (κ1) is 13.5. The van der Waals surface area contributed by atoms with Crippen molar-refractivity contribution >= 4 is 10.0 Å². The van der Waals surface area contributed by atoms with Crippen LogP contribution < -0.4 is 0 Å². The Labute approximate surface area is 109 Å². The van der Waals surface area contributed by atoms with Gasteiger partial charge in [0, 0.05) is 27.1 Å². The molecular weight excluding hydrogens is 250 g/mol. The Balaban J connectivity index is 2.66. The molecule has 1 aromatic heterocycles. The highest BCUT2D eigenvalue weighted by atomic mass is 32.2. The zero-order valence-corrected chi connectivity index (χ0v) is 12.3. The first-order chi connectivity index (χ1) is 8.39. The fourth-order valence-corrected chi connectivity index (χ4v) is 3.68. The molecule has 0 aromatic carbocycles. The van der Waals surface area contributed by atoms with E-state index in [1.165, 1.54) is 4.31 Å². The average molecular weight is 271 g/mol. The SMILES string of the molecule is CCc1nc(S(=O)(=O)N(C)C)c2n1CCCC2C. The van der Waals surface area contributed by atoms with Crippen molar-refractivity contribution in [3.63, 3.8) is 0 Å². The number of hydrogen-bond acceptors (Lipinski definition) is 3. The van der Waals surface area contributed by atoms with E-state index < -0.39 is 10.0 Å². The molecule has 1 aromatic rings. The van der Waals surface area contributed by atoms with Crippen LogP contribution in [0.2, 0.25) is 0 Å². The lowest BCUT2D eigenvalue weighted by molar-refractivity contribution is 0.454. The van der Waals surface area contributed by atoms with E-state index in [0.717, 1.165) is 37.3 Å². The van der Waals surface area contributed by atoms with Crippen molar-refractivity contribution in [1.82, 2.24) is 13.9 Å². The van der Waals surface area contributed by atoms with Crippen molar-refractivity contribution in [2.45, 2.75) is 50.6 Å². The summed E-state index contributed by atoms with van der Waals surface area (Å²) in [5, 5.41) is 0.261. The summed E-state index contributed by atoms with van der Waals surface area (Å²) in [6, 6.07) is 0. The van der Waals surface area contributed by atoms with Crippen molar-refractivity contribution in [3.05, 3.63) is 11.5 Å². The molecule has 0 saturated carbocycles. The van der Waals surface area contributed by atoms with E-state index >= 15 is 0 Å². The number of aromatic nitrogens is 2. The largest absolute Gasteiger partial charge is 0.330 e. The summed E-state index contributed by atoms with van der Waals surface area (Å²) in [5.74, 6) is 1.15. The standard InChI is InChI=1S/C12H21N3O2S/c1-5-10-13-12(18(16,17)14(3)4)11-9(2)7-6-8-15(10)11/h9H,5-8H2,1-4H3. The van der Waals surface area contributed by atoms with Crippen molar-refractivity contribution in [2.24, 2.45) is 0 Å². The summed E-state index contributed by atoms with van der Waals surface area (Å²) >= 11 is 0. The van der Waals surface area contributed by atoms with Gasteiger partial charge in [0.05, 0.1) is 5.69 Å². The van der Waals surface area contributed by atoms with Gasteiger partial charge in [-0.2, -0.15) is 0 Å². The molecule has 2 heterocycles. The molecule has 5 nitrogen and oxygen atoms in total. The van der Waals surface area contributed by atoms with Crippen LogP contribution in [-0.4, -0.2) is 36.4 Å². The zero-order valence-electron chi connectivity index (χ0n) is 11.5. The highest BCUT2D eigenvalue weighted by Crippen LogP contribution is 2.33. The highest BCUT2D eigenvalue weighted by molar-refractivity contribution is 7.89. The molecule has 0 radical (unpaired) electrons. The number of aryl methyl sites for hydroxylation is 1. The number of rotatable bonds is 3. The van der Waals surface area contributed by atoms with Crippen LogP contribution in [0.1, 0.15) is 44.1 Å². The van der Waals surface area contributed by atoms with Gasteiger partial charge < -0.3 is 4.57 Å². The second kappa shape index (κ2) is 4.66. The van der Waals surface area contributed by atoms with Gasteiger partial charge in [-0.05, 0) is 18.8 Å². The van der Waals surface area contributed by atoms with Crippen molar-refractivity contribution in [2.75, 3.05) is 14.1 Å². The van der Waals surface area contributed by atoms with E-state index in [1.807, 2.05) is 6.92 Å². The molecule has 102 valence electrons. The monoisotopic (exact) mass is 271 g/mol. The molecule has 2 rings (SSSR count). The van der Waals surface area contributed by atoms with Gasteiger partial charge in [0.2, 0.25) is 0 Å². The summed E-state index contributed by atoms with van der Waals surface area (Å²) in [7, 11) is -0.328. The van der Waals surface area contributed by atoms with Gasteiger partial charge in [-0.15, -0.1) is 0 Å². The molecule has 0 saturated heterocycles. The van der Waals surface area contributed by atoms with Gasteiger partial charge in [0.1, 0.15) is 5.82 Å². The van der Waals surface area contributed by atoms with Crippen LogP contribution in [0.4, 0.5) is 0 Å². The molecule has 1 aliphatic heterocycles. The molecule has 0 fully saturated rings. The predicted molar refractivity (Wildman–Crippen MR) is 70.1 cm³/mol. The van der Waals surface area contributed by atoms with Crippen LogP contribution in [-0.2, 0) is 23.0 Å². The summed E-state index contributed by atoms with van der Waals surface area (Å²) < 4.78 is 28.0. The summed E-state index contributed by atoms with van der Waals surface area (Å²) in [6.07, 6.45) is 2.90. The third-order valence-corrected chi connectivity index (χ3v) is 5.33. The van der Waals surface area contributed by atoms with Crippen LogP contribution in [0.15, 0.2) is 5.03 Å². The molecule has 0 bridgehead atoms. The second-order valence-corrected chi connectivity index (χ2v) is 7.12. The molecular formula is C12H21N3O2S. The van der Waals surface area contributed by atoms with E-state index in [2.05, 4.69) is 16.5 Å². The van der Waals surface area contributed by atoms with Crippen molar-refractivity contribution in [1.29, 1.82) is 0 Å². The van der Waals surface area contributed by atoms with Crippen LogP contribution in [0.5, 0.6) is 0 Å². The molecule has 1 atom stereocenters. The van der Waals surface area contributed by atoms with Gasteiger partial charge in [-0.3, -0.25) is 0 Å². The van der Waals surface area contributed by atoms with E-state index in [9.17, 15) is 8.42 Å². The minimum Gasteiger partial charge on any atom is -0.330 e. The van der Waals surface area contributed by atoms with E-state index in [1.54, 1.807) is 14.1 Å². The van der Waals surface area contributed by atoms with Crippen LogP contribution >= 0.6 is 0 Å². The lowest BCUT2D eigenvalue weighted by Crippen LogP contribution is -2.25. The third-order valence-electron chi connectivity index (χ3n) is 3.58. The van der Waals surface area contributed by atoms with Crippen molar-refractivity contribution in [3.8, 4) is 0 Å².